The van der Waals surface area contributed by atoms with Crippen LogP contribution in [0.2, 0.25) is 19.1 Å². The van der Waals surface area contributed by atoms with Crippen molar-refractivity contribution in [1.82, 2.24) is 19.1 Å². The first-order valence-corrected chi connectivity index (χ1v) is 24.6. The number of terminal acetylenes is 1. The lowest BCUT2D eigenvalue weighted by molar-refractivity contribution is 0.0509. The first-order valence-electron chi connectivity index (χ1n) is 21.5. The molecule has 0 radical (unpaired) electrons. The van der Waals surface area contributed by atoms with Crippen LogP contribution in [0.4, 0.5) is 8.78 Å². The summed E-state index contributed by atoms with van der Waals surface area (Å²) in [5.41, 5.74) is 7.80. The number of aliphatic imine (C=N–C) groups is 2. The van der Waals surface area contributed by atoms with Crippen LogP contribution in [0.5, 0.6) is 0 Å². The molecule has 0 saturated carbocycles. The normalized spacial score (nSPS) is 13.1. The molecule has 1 saturated heterocycles. The molecule has 0 unspecified atom stereocenters. The SMILES string of the molecule is C#Cc1ccc2c(c1)C(c1ccccc1F)=NCc1c(C(=O)OCC)ncn1-2.C1CCOC1.CCOC(=O)c1ncn2c1CN=C(c1ccccc1F)c1cc(C#CC[SiH](C)C)ccc1-2. The zero-order valence-electron chi connectivity index (χ0n) is 36.7. The Bertz CT molecular complexity index is 2890. The zero-order valence-corrected chi connectivity index (χ0v) is 37.9. The van der Waals surface area contributed by atoms with E-state index in [1.54, 1.807) is 79.6 Å². The fraction of sp³-hybridized carbons (Fsp3) is 0.255. The molecule has 0 amide bonds. The van der Waals surface area contributed by atoms with Crippen molar-refractivity contribution < 1.29 is 32.6 Å². The van der Waals surface area contributed by atoms with Crippen molar-refractivity contribution in [2.24, 2.45) is 9.98 Å². The molecule has 5 heterocycles. The van der Waals surface area contributed by atoms with Gasteiger partial charge < -0.3 is 14.2 Å². The molecule has 0 aliphatic carbocycles. The number of halogens is 2. The van der Waals surface area contributed by atoms with Crippen LogP contribution in [0.3, 0.4) is 0 Å². The number of benzene rings is 4. The van der Waals surface area contributed by atoms with Crippen LogP contribution in [0.1, 0.15) is 92.4 Å². The summed E-state index contributed by atoms with van der Waals surface area (Å²) in [4.78, 5) is 42.5. The number of hydrogen-bond acceptors (Lipinski definition) is 9. The number of carbonyl (C=O) groups is 2. The van der Waals surface area contributed by atoms with Gasteiger partial charge in [-0.3, -0.25) is 19.1 Å². The average Bonchev–Trinajstić information content (AvgIpc) is 4.08. The lowest BCUT2D eigenvalue weighted by atomic mass is 9.98. The molecular formula is C51H48F2N6O5Si. The summed E-state index contributed by atoms with van der Waals surface area (Å²) in [5.74, 6) is 7.36. The maximum atomic E-state index is 14.8. The molecule has 4 aromatic carbocycles. The predicted molar refractivity (Wildman–Crippen MR) is 249 cm³/mol. The third-order valence-electron chi connectivity index (χ3n) is 10.5. The smallest absolute Gasteiger partial charge is 0.358 e. The van der Waals surface area contributed by atoms with Crippen molar-refractivity contribution in [2.75, 3.05) is 26.4 Å². The first-order chi connectivity index (χ1) is 31.6. The van der Waals surface area contributed by atoms with E-state index in [1.165, 1.54) is 25.0 Å². The van der Waals surface area contributed by atoms with E-state index in [1.807, 2.05) is 28.8 Å². The number of esters is 2. The molecule has 3 aliphatic heterocycles. The Labute approximate surface area is 378 Å². The Kier molecular flexibility index (Phi) is 15.1. The number of ether oxygens (including phenoxy) is 3. The minimum Gasteiger partial charge on any atom is -0.461 e. The van der Waals surface area contributed by atoms with Crippen molar-refractivity contribution in [1.29, 1.82) is 0 Å². The van der Waals surface area contributed by atoms with Crippen molar-refractivity contribution in [3.63, 3.8) is 0 Å². The van der Waals surface area contributed by atoms with Crippen LogP contribution >= 0.6 is 0 Å². The Morgan fingerprint density at radius 2 is 1.18 bits per heavy atom. The number of aromatic nitrogens is 4. The molecule has 0 bridgehead atoms. The van der Waals surface area contributed by atoms with Crippen LogP contribution in [-0.2, 0) is 27.3 Å². The van der Waals surface area contributed by atoms with Crippen LogP contribution < -0.4 is 0 Å². The Balaban J connectivity index is 0.000000176. The molecule has 3 aliphatic rings. The van der Waals surface area contributed by atoms with Crippen LogP contribution in [0, 0.1) is 35.8 Å². The van der Waals surface area contributed by atoms with Gasteiger partial charge in [0.1, 0.15) is 24.3 Å². The van der Waals surface area contributed by atoms with E-state index >= 15 is 0 Å². The Hall–Kier alpha value is -7.26. The molecule has 0 atom stereocenters. The van der Waals surface area contributed by atoms with E-state index in [0.29, 0.717) is 45.1 Å². The van der Waals surface area contributed by atoms with Gasteiger partial charge in [-0.15, -0.1) is 12.3 Å². The van der Waals surface area contributed by atoms with E-state index < -0.39 is 20.7 Å². The van der Waals surface area contributed by atoms with Crippen molar-refractivity contribution >= 4 is 32.2 Å². The molecule has 1 fully saturated rings. The highest BCUT2D eigenvalue weighted by Gasteiger charge is 2.28. The van der Waals surface area contributed by atoms with Crippen molar-refractivity contribution in [3.8, 4) is 35.6 Å². The van der Waals surface area contributed by atoms with Crippen LogP contribution in [0.25, 0.3) is 11.4 Å². The first kappa shape index (κ1) is 45.8. The van der Waals surface area contributed by atoms with Gasteiger partial charge >= 0.3 is 11.9 Å². The van der Waals surface area contributed by atoms with Gasteiger partial charge in [0.25, 0.3) is 0 Å². The van der Waals surface area contributed by atoms with Gasteiger partial charge in [0, 0.05) is 61.4 Å². The highest BCUT2D eigenvalue weighted by Crippen LogP contribution is 2.30. The Morgan fingerprint density at radius 3 is 1.62 bits per heavy atom. The molecular weight excluding hydrogens is 843 g/mol. The Morgan fingerprint density at radius 1 is 0.708 bits per heavy atom. The fourth-order valence-corrected chi connectivity index (χ4v) is 7.87. The van der Waals surface area contributed by atoms with Gasteiger partial charge in [-0.25, -0.2) is 28.3 Å². The van der Waals surface area contributed by atoms with E-state index in [-0.39, 0.29) is 49.3 Å². The van der Waals surface area contributed by atoms with Crippen LogP contribution in [-0.4, -0.2) is 77.7 Å². The van der Waals surface area contributed by atoms with Gasteiger partial charge in [-0.05, 0) is 87.4 Å². The second-order valence-corrected chi connectivity index (χ2v) is 18.6. The summed E-state index contributed by atoms with van der Waals surface area (Å²) >= 11 is 0. The van der Waals surface area contributed by atoms with E-state index in [4.69, 9.17) is 25.6 Å². The molecule has 2 aromatic heterocycles. The number of rotatable bonds is 7. The quantitative estimate of drug-likeness (QED) is 0.0894. The van der Waals surface area contributed by atoms with Crippen molar-refractivity contribution in [3.05, 3.63) is 165 Å². The molecule has 6 aromatic rings. The minimum atomic E-state index is -0.772. The third-order valence-corrected chi connectivity index (χ3v) is 11.5. The predicted octanol–water partition coefficient (Wildman–Crippen LogP) is 8.69. The number of carbonyl (C=O) groups excluding carboxylic acids is 2. The molecule has 65 heavy (non-hydrogen) atoms. The van der Waals surface area contributed by atoms with Gasteiger partial charge in [-0.1, -0.05) is 49.2 Å². The third kappa shape index (κ3) is 10.4. The molecule has 0 N–H and O–H groups in total. The lowest BCUT2D eigenvalue weighted by Gasteiger charge is -2.13. The largest absolute Gasteiger partial charge is 0.461 e. The maximum Gasteiger partial charge on any atom is 0.358 e. The number of nitrogens with zero attached hydrogens (tertiary/aromatic N) is 6. The lowest BCUT2D eigenvalue weighted by Crippen LogP contribution is -2.10. The molecule has 11 nitrogen and oxygen atoms in total. The molecule has 14 heteroatoms. The number of hydrogen-bond donors (Lipinski definition) is 0. The van der Waals surface area contributed by atoms with Gasteiger partial charge in [0.05, 0.1) is 60.5 Å². The zero-order chi connectivity index (χ0) is 45.9. The maximum absolute atomic E-state index is 14.8. The molecule has 0 spiro atoms. The van der Waals surface area contributed by atoms with E-state index in [9.17, 15) is 18.4 Å². The summed E-state index contributed by atoms with van der Waals surface area (Å²) < 4.78 is 48.1. The number of fused-ring (bicyclic) bond motifs is 6. The highest BCUT2D eigenvalue weighted by molar-refractivity contribution is 6.56. The summed E-state index contributed by atoms with van der Waals surface area (Å²) in [6.45, 7) is 10.8. The number of imidazole rings is 2. The second-order valence-electron chi connectivity index (χ2n) is 15.4. The summed E-state index contributed by atoms with van der Waals surface area (Å²) in [6, 6.07) is 25.2. The van der Waals surface area contributed by atoms with Gasteiger partial charge in [-0.2, -0.15) is 0 Å². The molecule has 330 valence electrons. The summed E-state index contributed by atoms with van der Waals surface area (Å²) in [7, 11) is -0.772. The summed E-state index contributed by atoms with van der Waals surface area (Å²) in [6.07, 6.45) is 11.3. The molecule has 9 rings (SSSR count). The standard InChI is InChI=1S/C25H24FN3O2Si.C22H16FN3O2.C4H8O/c1-4-31-25(30)24-22-15-27-23(18-9-5-6-10-20(18)26)19-14-17(8-7-13-32(2)3)11-12-21(19)29(22)16-28-24;1-3-14-9-10-18-16(11-14)20(15-7-5-6-8-17(15)23)24-12-19-21(22(27)28-4-2)25-13-26(18)19;1-2-4-5-3-1/h5-6,9-12,14,16,32H,4,13,15H2,1-3H3;1,5-11,13H,4,12H2,2H3;1-4H2. The summed E-state index contributed by atoms with van der Waals surface area (Å²) in [5, 5.41) is 0. The average molecular weight is 891 g/mol. The van der Waals surface area contributed by atoms with Gasteiger partial charge in [0.2, 0.25) is 0 Å². The van der Waals surface area contributed by atoms with Gasteiger partial charge in [0.15, 0.2) is 11.4 Å². The van der Waals surface area contributed by atoms with E-state index in [0.717, 1.165) is 41.8 Å². The minimum absolute atomic E-state index is 0.151. The monoisotopic (exact) mass is 890 g/mol. The van der Waals surface area contributed by atoms with Crippen LogP contribution in [0.15, 0.2) is 108 Å². The highest BCUT2D eigenvalue weighted by atomic mass is 28.3. The van der Waals surface area contributed by atoms with E-state index in [2.05, 4.69) is 45.8 Å². The van der Waals surface area contributed by atoms with Crippen molar-refractivity contribution in [2.45, 2.75) is 58.9 Å². The topological polar surface area (TPSA) is 122 Å². The fourth-order valence-electron chi connectivity index (χ4n) is 7.36. The second kappa shape index (κ2) is 21.4.